The molecular weight excluding hydrogens is 186 g/mol. The molecule has 0 spiro atoms. The second-order valence-corrected chi connectivity index (χ2v) is 4.68. The lowest BCUT2D eigenvalue weighted by molar-refractivity contribution is -0.140. The minimum atomic E-state index is -0.154. The fourth-order valence-corrected chi connectivity index (χ4v) is 2.87. The molecule has 4 heteroatoms. The van der Waals surface area contributed by atoms with Crippen LogP contribution < -0.4 is 5.73 Å². The number of rotatable bonds is 4. The van der Waals surface area contributed by atoms with Crippen LogP contribution in [-0.4, -0.2) is 30.1 Å². The van der Waals surface area contributed by atoms with E-state index in [1.807, 2.05) is 11.8 Å². The Kier molecular flexibility index (Phi) is 4.59. The minimum Gasteiger partial charge on any atom is -0.469 e. The quantitative estimate of drug-likeness (QED) is 0.697. The number of carbonyl (C=O) groups is 1. The third kappa shape index (κ3) is 3.56. The number of hydrogen-bond donors (Lipinski definition) is 1. The zero-order chi connectivity index (χ0) is 9.68. The number of carbonyl (C=O) groups excluding carboxylic acids is 1. The van der Waals surface area contributed by atoms with Crippen LogP contribution in [0.4, 0.5) is 0 Å². The Bertz CT molecular complexity index is 169. The van der Waals surface area contributed by atoms with Gasteiger partial charge in [-0.15, -0.1) is 0 Å². The Balaban J connectivity index is 2.16. The fourth-order valence-electron chi connectivity index (χ4n) is 1.51. The summed E-state index contributed by atoms with van der Waals surface area (Å²) in [6.45, 7) is 0. The molecule has 0 aromatic rings. The van der Waals surface area contributed by atoms with E-state index in [9.17, 15) is 4.79 Å². The number of nitrogens with two attached hydrogens (primary N) is 1. The van der Waals surface area contributed by atoms with Gasteiger partial charge in [-0.25, -0.2) is 0 Å². The van der Waals surface area contributed by atoms with Crippen molar-refractivity contribution < 1.29 is 9.53 Å². The second kappa shape index (κ2) is 5.50. The lowest BCUT2D eigenvalue weighted by Crippen LogP contribution is -2.31. The van der Waals surface area contributed by atoms with Gasteiger partial charge in [-0.2, -0.15) is 11.8 Å². The molecular formula is C9H17NO2S. The summed E-state index contributed by atoms with van der Waals surface area (Å²) in [7, 11) is 1.41. The van der Waals surface area contributed by atoms with Gasteiger partial charge in [-0.1, -0.05) is 0 Å². The Hall–Kier alpha value is -0.220. The highest BCUT2D eigenvalue weighted by atomic mass is 32.2. The predicted molar refractivity (Wildman–Crippen MR) is 54.7 cm³/mol. The van der Waals surface area contributed by atoms with Crippen molar-refractivity contribution in [3.8, 4) is 0 Å². The van der Waals surface area contributed by atoms with Crippen LogP contribution in [0.3, 0.4) is 0 Å². The smallest absolute Gasteiger partial charge is 0.305 e. The number of esters is 1. The molecule has 2 N–H and O–H groups in total. The molecule has 0 aliphatic carbocycles. The van der Waals surface area contributed by atoms with Crippen LogP contribution in [0.25, 0.3) is 0 Å². The topological polar surface area (TPSA) is 52.3 Å². The third-order valence-electron chi connectivity index (χ3n) is 2.35. The normalized spacial score (nSPS) is 24.3. The van der Waals surface area contributed by atoms with Gasteiger partial charge in [-0.05, 0) is 25.0 Å². The van der Waals surface area contributed by atoms with Gasteiger partial charge in [-0.3, -0.25) is 4.79 Å². The maximum Gasteiger partial charge on any atom is 0.305 e. The summed E-state index contributed by atoms with van der Waals surface area (Å²) in [5.74, 6) is 1.06. The van der Waals surface area contributed by atoms with Gasteiger partial charge in [0.15, 0.2) is 0 Å². The summed E-state index contributed by atoms with van der Waals surface area (Å²) >= 11 is 1.93. The molecule has 0 aromatic heterocycles. The first-order valence-electron chi connectivity index (χ1n) is 4.68. The first-order valence-corrected chi connectivity index (χ1v) is 5.73. The van der Waals surface area contributed by atoms with Crippen molar-refractivity contribution in [3.05, 3.63) is 0 Å². The molecule has 1 heterocycles. The van der Waals surface area contributed by atoms with Crippen molar-refractivity contribution in [2.45, 2.75) is 37.0 Å². The molecule has 1 aliphatic rings. The van der Waals surface area contributed by atoms with E-state index in [4.69, 9.17) is 5.73 Å². The zero-order valence-corrected chi connectivity index (χ0v) is 8.81. The van der Waals surface area contributed by atoms with Crippen LogP contribution in [0.15, 0.2) is 0 Å². The summed E-state index contributed by atoms with van der Waals surface area (Å²) in [5.41, 5.74) is 5.95. The SMILES string of the molecule is COC(=O)CCC(N)C1CCCS1. The van der Waals surface area contributed by atoms with E-state index in [2.05, 4.69) is 4.74 Å². The van der Waals surface area contributed by atoms with E-state index in [0.29, 0.717) is 11.7 Å². The van der Waals surface area contributed by atoms with E-state index in [-0.39, 0.29) is 12.0 Å². The molecule has 2 atom stereocenters. The van der Waals surface area contributed by atoms with Gasteiger partial charge >= 0.3 is 5.97 Å². The van der Waals surface area contributed by atoms with Crippen molar-refractivity contribution in [2.24, 2.45) is 5.73 Å². The average Bonchev–Trinajstić information content (AvgIpc) is 2.66. The maximum absolute atomic E-state index is 10.8. The van der Waals surface area contributed by atoms with Crippen molar-refractivity contribution in [1.82, 2.24) is 0 Å². The van der Waals surface area contributed by atoms with E-state index >= 15 is 0 Å². The molecule has 13 heavy (non-hydrogen) atoms. The maximum atomic E-state index is 10.8. The van der Waals surface area contributed by atoms with Crippen LogP contribution in [0.5, 0.6) is 0 Å². The summed E-state index contributed by atoms with van der Waals surface area (Å²) in [5, 5.41) is 0.560. The number of thioether (sulfide) groups is 1. The Morgan fingerprint density at radius 2 is 2.54 bits per heavy atom. The summed E-state index contributed by atoms with van der Waals surface area (Å²) in [6.07, 6.45) is 3.67. The number of hydrogen-bond acceptors (Lipinski definition) is 4. The lowest BCUT2D eigenvalue weighted by atomic mass is 10.1. The lowest BCUT2D eigenvalue weighted by Gasteiger charge is -2.16. The minimum absolute atomic E-state index is 0.154. The van der Waals surface area contributed by atoms with Crippen LogP contribution in [0.1, 0.15) is 25.7 Å². The highest BCUT2D eigenvalue weighted by Crippen LogP contribution is 2.29. The van der Waals surface area contributed by atoms with E-state index in [1.165, 1.54) is 25.7 Å². The monoisotopic (exact) mass is 203 g/mol. The molecule has 1 saturated heterocycles. The molecule has 76 valence electrons. The molecule has 0 saturated carbocycles. The summed E-state index contributed by atoms with van der Waals surface area (Å²) in [6, 6.07) is 0.159. The van der Waals surface area contributed by atoms with Crippen LogP contribution >= 0.6 is 11.8 Å². The Labute approximate surface area is 83.4 Å². The molecule has 0 radical (unpaired) electrons. The number of methoxy groups -OCH3 is 1. The fraction of sp³-hybridized carbons (Fsp3) is 0.889. The van der Waals surface area contributed by atoms with Gasteiger partial charge in [0.1, 0.15) is 0 Å². The molecule has 1 fully saturated rings. The first-order chi connectivity index (χ1) is 6.24. The van der Waals surface area contributed by atoms with Gasteiger partial charge < -0.3 is 10.5 Å². The summed E-state index contributed by atoms with van der Waals surface area (Å²) in [4.78, 5) is 10.8. The molecule has 0 amide bonds. The third-order valence-corrected chi connectivity index (χ3v) is 3.89. The van der Waals surface area contributed by atoms with Crippen molar-refractivity contribution >= 4 is 17.7 Å². The largest absolute Gasteiger partial charge is 0.469 e. The van der Waals surface area contributed by atoms with Gasteiger partial charge in [0, 0.05) is 17.7 Å². The van der Waals surface area contributed by atoms with Crippen molar-refractivity contribution in [2.75, 3.05) is 12.9 Å². The molecule has 2 unspecified atom stereocenters. The van der Waals surface area contributed by atoms with Crippen LogP contribution in [-0.2, 0) is 9.53 Å². The molecule has 3 nitrogen and oxygen atoms in total. The van der Waals surface area contributed by atoms with Crippen molar-refractivity contribution in [1.29, 1.82) is 0 Å². The Morgan fingerprint density at radius 1 is 1.77 bits per heavy atom. The Morgan fingerprint density at radius 3 is 3.08 bits per heavy atom. The highest BCUT2D eigenvalue weighted by Gasteiger charge is 2.22. The highest BCUT2D eigenvalue weighted by molar-refractivity contribution is 8.00. The van der Waals surface area contributed by atoms with E-state index < -0.39 is 0 Å². The molecule has 1 rings (SSSR count). The van der Waals surface area contributed by atoms with E-state index in [0.717, 1.165) is 6.42 Å². The first kappa shape index (κ1) is 10.9. The molecule has 1 aliphatic heterocycles. The molecule has 0 aromatic carbocycles. The van der Waals surface area contributed by atoms with Gasteiger partial charge in [0.05, 0.1) is 7.11 Å². The van der Waals surface area contributed by atoms with Crippen LogP contribution in [0, 0.1) is 0 Å². The summed E-state index contributed by atoms with van der Waals surface area (Å²) < 4.78 is 4.56. The molecule has 0 bridgehead atoms. The van der Waals surface area contributed by atoms with Gasteiger partial charge in [0.25, 0.3) is 0 Å². The second-order valence-electron chi connectivity index (χ2n) is 3.33. The van der Waals surface area contributed by atoms with Gasteiger partial charge in [0.2, 0.25) is 0 Å². The zero-order valence-electron chi connectivity index (χ0n) is 7.99. The average molecular weight is 203 g/mol. The van der Waals surface area contributed by atoms with Crippen LogP contribution in [0.2, 0.25) is 0 Å². The number of ether oxygens (including phenoxy) is 1. The standard InChI is InChI=1S/C9H17NO2S/c1-12-9(11)5-4-7(10)8-3-2-6-13-8/h7-8H,2-6,10H2,1H3. The predicted octanol–water partition coefficient (Wildman–Crippen LogP) is 1.16. The van der Waals surface area contributed by atoms with Crippen molar-refractivity contribution in [3.63, 3.8) is 0 Å². The van der Waals surface area contributed by atoms with E-state index in [1.54, 1.807) is 0 Å².